The molecule has 1 aromatic carbocycles. The van der Waals surface area contributed by atoms with E-state index < -0.39 is 0 Å². The van der Waals surface area contributed by atoms with Crippen LogP contribution < -0.4 is 15.4 Å². The topological polar surface area (TPSA) is 50.4 Å². The van der Waals surface area contributed by atoms with Crippen LogP contribution in [0.5, 0.6) is 5.75 Å². The van der Waals surface area contributed by atoms with E-state index in [1.165, 1.54) is 0 Å². The zero-order valence-corrected chi connectivity index (χ0v) is 14.8. The molecule has 0 atom stereocenters. The Hall–Kier alpha value is -1.07. The molecule has 5 heteroatoms. The molecule has 1 amide bonds. The van der Waals surface area contributed by atoms with Crippen LogP contribution >= 0.6 is 15.9 Å². The molecule has 0 spiro atoms. The van der Waals surface area contributed by atoms with Gasteiger partial charge in [-0.05, 0) is 49.2 Å². The zero-order valence-electron chi connectivity index (χ0n) is 13.3. The zero-order chi connectivity index (χ0) is 15.9. The van der Waals surface area contributed by atoms with Crippen molar-refractivity contribution in [3.8, 4) is 5.75 Å². The molecule has 118 valence electrons. The Balaban J connectivity index is 2.61. The maximum atomic E-state index is 11.2. The molecule has 0 fully saturated rings. The molecular formula is C16H25BrN2O2. The molecule has 4 nitrogen and oxygen atoms in total. The average Bonchev–Trinajstić information content (AvgIpc) is 2.41. The van der Waals surface area contributed by atoms with Crippen LogP contribution in [0.4, 0.5) is 0 Å². The lowest BCUT2D eigenvalue weighted by atomic mass is 10.1. The minimum Gasteiger partial charge on any atom is -0.492 e. The van der Waals surface area contributed by atoms with Crippen LogP contribution in [0.15, 0.2) is 22.7 Å². The highest BCUT2D eigenvalue weighted by Gasteiger charge is 2.13. The first-order chi connectivity index (χ1) is 9.83. The first-order valence-electron chi connectivity index (χ1n) is 7.19. The Bertz CT molecular complexity index is 470. The number of nitrogens with one attached hydrogen (secondary N) is 2. The third kappa shape index (κ3) is 6.96. The van der Waals surface area contributed by atoms with Gasteiger partial charge in [-0.25, -0.2) is 0 Å². The van der Waals surface area contributed by atoms with Gasteiger partial charge in [0.1, 0.15) is 5.75 Å². The summed E-state index contributed by atoms with van der Waals surface area (Å²) in [6.45, 7) is 7.67. The van der Waals surface area contributed by atoms with Gasteiger partial charge >= 0.3 is 0 Å². The van der Waals surface area contributed by atoms with Gasteiger partial charge in [-0.3, -0.25) is 4.79 Å². The maximum Gasteiger partial charge on any atom is 0.219 e. The Morgan fingerprint density at radius 3 is 2.67 bits per heavy atom. The van der Waals surface area contributed by atoms with Gasteiger partial charge in [0.25, 0.3) is 0 Å². The van der Waals surface area contributed by atoms with Crippen LogP contribution in [-0.2, 0) is 11.3 Å². The van der Waals surface area contributed by atoms with Gasteiger partial charge in [-0.15, -0.1) is 0 Å². The van der Waals surface area contributed by atoms with Gasteiger partial charge < -0.3 is 15.4 Å². The van der Waals surface area contributed by atoms with E-state index in [9.17, 15) is 4.79 Å². The summed E-state index contributed by atoms with van der Waals surface area (Å²) in [4.78, 5) is 11.2. The summed E-state index contributed by atoms with van der Waals surface area (Å²) in [5, 5.41) is 6.07. The molecule has 21 heavy (non-hydrogen) atoms. The first kappa shape index (κ1) is 18.0. The molecule has 1 rings (SSSR count). The van der Waals surface area contributed by atoms with E-state index >= 15 is 0 Å². The third-order valence-electron chi connectivity index (χ3n) is 2.93. The third-order valence-corrected chi connectivity index (χ3v) is 3.56. The standard InChI is InChI=1S/C16H25BrN2O2/c1-16(2,3)19-11-12-7-5-8-13(17)15(12)21-10-6-9-14(20)18-4/h5,7-8,19H,6,9-11H2,1-4H3,(H,18,20). The van der Waals surface area contributed by atoms with Crippen LogP contribution in [0.25, 0.3) is 0 Å². The molecule has 0 aliphatic heterocycles. The number of hydrogen-bond acceptors (Lipinski definition) is 3. The van der Waals surface area contributed by atoms with E-state index in [0.29, 0.717) is 19.4 Å². The average molecular weight is 357 g/mol. The van der Waals surface area contributed by atoms with Crippen molar-refractivity contribution in [2.75, 3.05) is 13.7 Å². The Labute approximate surface area is 135 Å². The van der Waals surface area contributed by atoms with E-state index in [2.05, 4.69) is 53.4 Å². The van der Waals surface area contributed by atoms with E-state index in [4.69, 9.17) is 4.74 Å². The van der Waals surface area contributed by atoms with Gasteiger partial charge in [0.2, 0.25) is 5.91 Å². The van der Waals surface area contributed by atoms with Crippen molar-refractivity contribution in [1.29, 1.82) is 0 Å². The van der Waals surface area contributed by atoms with Crippen molar-refractivity contribution in [2.45, 2.75) is 45.7 Å². The van der Waals surface area contributed by atoms with E-state index in [1.807, 2.05) is 12.1 Å². The van der Waals surface area contributed by atoms with Crippen molar-refractivity contribution < 1.29 is 9.53 Å². The molecule has 0 saturated carbocycles. The summed E-state index contributed by atoms with van der Waals surface area (Å²) in [5.41, 5.74) is 1.16. The number of benzene rings is 1. The fraction of sp³-hybridized carbons (Fsp3) is 0.562. The van der Waals surface area contributed by atoms with Gasteiger partial charge in [0, 0.05) is 31.1 Å². The molecule has 0 radical (unpaired) electrons. The van der Waals surface area contributed by atoms with Crippen molar-refractivity contribution in [2.24, 2.45) is 0 Å². The molecule has 0 unspecified atom stereocenters. The second-order valence-corrected chi connectivity index (χ2v) is 6.81. The van der Waals surface area contributed by atoms with E-state index in [-0.39, 0.29) is 11.4 Å². The van der Waals surface area contributed by atoms with Crippen molar-refractivity contribution >= 4 is 21.8 Å². The normalized spacial score (nSPS) is 11.3. The minimum atomic E-state index is 0.0420. The number of para-hydroxylation sites is 1. The summed E-state index contributed by atoms with van der Waals surface area (Å²) >= 11 is 3.53. The molecule has 1 aromatic rings. The van der Waals surface area contributed by atoms with Gasteiger partial charge in [0.05, 0.1) is 11.1 Å². The second-order valence-electron chi connectivity index (χ2n) is 5.96. The molecule has 0 saturated heterocycles. The predicted molar refractivity (Wildman–Crippen MR) is 89.5 cm³/mol. The molecule has 0 heterocycles. The van der Waals surface area contributed by atoms with E-state index in [1.54, 1.807) is 7.05 Å². The summed E-state index contributed by atoms with van der Waals surface area (Å²) in [7, 11) is 1.65. The van der Waals surface area contributed by atoms with Gasteiger partial charge in [0.15, 0.2) is 0 Å². The summed E-state index contributed by atoms with van der Waals surface area (Å²) in [6.07, 6.45) is 1.18. The largest absolute Gasteiger partial charge is 0.492 e. The second kappa shape index (κ2) is 8.39. The number of rotatable bonds is 7. The summed E-state index contributed by atoms with van der Waals surface area (Å²) < 4.78 is 6.80. The number of amides is 1. The lowest BCUT2D eigenvalue weighted by molar-refractivity contribution is -0.120. The lowest BCUT2D eigenvalue weighted by Gasteiger charge is -2.22. The molecule has 0 bridgehead atoms. The number of carbonyl (C=O) groups is 1. The smallest absolute Gasteiger partial charge is 0.219 e. The number of hydrogen-bond donors (Lipinski definition) is 2. The lowest BCUT2D eigenvalue weighted by Crippen LogP contribution is -2.35. The van der Waals surface area contributed by atoms with Crippen LogP contribution in [0.2, 0.25) is 0 Å². The molecule has 0 aliphatic carbocycles. The van der Waals surface area contributed by atoms with E-state index in [0.717, 1.165) is 22.3 Å². The number of ether oxygens (including phenoxy) is 1. The molecular weight excluding hydrogens is 332 g/mol. The fourth-order valence-corrected chi connectivity index (χ4v) is 2.27. The summed E-state index contributed by atoms with van der Waals surface area (Å²) in [6, 6.07) is 6.02. The fourth-order valence-electron chi connectivity index (χ4n) is 1.75. The van der Waals surface area contributed by atoms with Crippen molar-refractivity contribution in [3.63, 3.8) is 0 Å². The minimum absolute atomic E-state index is 0.0420. The summed E-state index contributed by atoms with van der Waals surface area (Å²) in [5.74, 6) is 0.895. The predicted octanol–water partition coefficient (Wildman–Crippen LogP) is 3.24. The Morgan fingerprint density at radius 2 is 2.05 bits per heavy atom. The maximum absolute atomic E-state index is 11.2. The van der Waals surface area contributed by atoms with Crippen LogP contribution in [0.3, 0.4) is 0 Å². The highest BCUT2D eigenvalue weighted by molar-refractivity contribution is 9.10. The highest BCUT2D eigenvalue weighted by atomic mass is 79.9. The molecule has 0 aromatic heterocycles. The molecule has 2 N–H and O–H groups in total. The van der Waals surface area contributed by atoms with Crippen molar-refractivity contribution in [1.82, 2.24) is 10.6 Å². The quantitative estimate of drug-likeness (QED) is 0.737. The Morgan fingerprint density at radius 1 is 1.33 bits per heavy atom. The van der Waals surface area contributed by atoms with Crippen molar-refractivity contribution in [3.05, 3.63) is 28.2 Å². The van der Waals surface area contributed by atoms with Crippen LogP contribution in [-0.4, -0.2) is 25.1 Å². The number of halogens is 1. The number of carbonyl (C=O) groups excluding carboxylic acids is 1. The van der Waals surface area contributed by atoms with Crippen LogP contribution in [0.1, 0.15) is 39.2 Å². The molecule has 0 aliphatic rings. The van der Waals surface area contributed by atoms with Crippen LogP contribution in [0, 0.1) is 0 Å². The SMILES string of the molecule is CNC(=O)CCCOc1c(Br)cccc1CNC(C)(C)C. The highest BCUT2D eigenvalue weighted by Crippen LogP contribution is 2.29. The monoisotopic (exact) mass is 356 g/mol. The first-order valence-corrected chi connectivity index (χ1v) is 7.98. The van der Waals surface area contributed by atoms with Gasteiger partial charge in [-0.2, -0.15) is 0 Å². The Kier molecular flexibility index (Phi) is 7.18. The van der Waals surface area contributed by atoms with Gasteiger partial charge in [-0.1, -0.05) is 12.1 Å².